The highest BCUT2D eigenvalue weighted by Crippen LogP contribution is 2.03. The summed E-state index contributed by atoms with van der Waals surface area (Å²) in [6, 6.07) is 4.61. The van der Waals surface area contributed by atoms with E-state index >= 15 is 0 Å². The zero-order valence-corrected chi connectivity index (χ0v) is 20.8. The van der Waals surface area contributed by atoms with Gasteiger partial charge in [0.2, 0.25) is 35.4 Å². The van der Waals surface area contributed by atoms with Crippen molar-refractivity contribution in [2.24, 2.45) is 11.5 Å². The Hall–Kier alpha value is -4.86. The van der Waals surface area contributed by atoms with E-state index in [1.807, 2.05) is 0 Å². The molecular weight excluding hydrogens is 518 g/mol. The third-order valence-corrected chi connectivity index (χ3v) is 4.93. The van der Waals surface area contributed by atoms with Crippen LogP contribution < -0.4 is 38.1 Å². The predicted molar refractivity (Wildman–Crippen MR) is 133 cm³/mol. The molecule has 0 aromatic heterocycles. The fraction of sp³-hybridized carbons (Fsp3) is 0.391. The summed E-state index contributed by atoms with van der Waals surface area (Å²) in [6.07, 6.45) is -0.859. The minimum atomic E-state index is -1.59. The molecule has 16 heteroatoms. The molecule has 212 valence electrons. The number of carbonyl (C=O) groups excluding carboxylic acids is 7. The third kappa shape index (κ3) is 13.3. The molecule has 1 aromatic carbocycles. The van der Waals surface area contributed by atoms with Gasteiger partial charge in [-0.25, -0.2) is 0 Å². The minimum Gasteiger partial charge on any atom is -0.481 e. The molecule has 3 atom stereocenters. The quantitative estimate of drug-likeness (QED) is 0.0861. The van der Waals surface area contributed by atoms with Gasteiger partial charge in [0.15, 0.2) is 0 Å². The van der Waals surface area contributed by atoms with Crippen molar-refractivity contribution >= 4 is 47.7 Å². The lowest BCUT2D eigenvalue weighted by Gasteiger charge is -2.21. The van der Waals surface area contributed by atoms with Gasteiger partial charge in [-0.15, -0.1) is 0 Å². The van der Waals surface area contributed by atoms with Crippen LogP contribution >= 0.6 is 0 Å². The Labute approximate surface area is 222 Å². The average molecular weight is 550 g/mol. The van der Waals surface area contributed by atoms with Crippen molar-refractivity contribution in [3.05, 3.63) is 35.9 Å². The maximum Gasteiger partial charge on any atom is 0.305 e. The van der Waals surface area contributed by atoms with E-state index < -0.39 is 85.5 Å². The summed E-state index contributed by atoms with van der Waals surface area (Å²) in [7, 11) is 0. The standard InChI is InChI=1S/C23H31N7O9/c24-9-18(33)26-10-19(34)29-15(7-17(25)32)22(38)27-11-20(35)30-16(8-21(36)37)23(39)28-14(12-31)6-13-4-2-1-3-5-13/h1-5,12,14-16H,6-11,24H2,(H2,25,32)(H,26,33)(H,27,38)(H,28,39)(H,29,34)(H,30,35)(H,36,37)/t14-,15-,16-/m0/s1. The van der Waals surface area contributed by atoms with Crippen LogP contribution in [-0.4, -0.2) is 90.6 Å². The molecule has 0 bridgehead atoms. The van der Waals surface area contributed by atoms with Crippen molar-refractivity contribution < 1.29 is 43.5 Å². The van der Waals surface area contributed by atoms with Crippen LogP contribution in [0.15, 0.2) is 30.3 Å². The van der Waals surface area contributed by atoms with E-state index in [0.717, 1.165) is 5.56 Å². The molecule has 39 heavy (non-hydrogen) atoms. The molecule has 1 aromatic rings. The first-order chi connectivity index (χ1) is 18.4. The number of nitrogens with one attached hydrogen (secondary N) is 5. The van der Waals surface area contributed by atoms with Crippen molar-refractivity contribution in [1.82, 2.24) is 26.6 Å². The molecular formula is C23H31N7O9. The number of aliphatic carboxylic acids is 1. The molecule has 0 aliphatic rings. The maximum absolute atomic E-state index is 12.6. The zero-order valence-electron chi connectivity index (χ0n) is 20.8. The zero-order chi connectivity index (χ0) is 29.4. The second-order valence-electron chi connectivity index (χ2n) is 8.15. The van der Waals surface area contributed by atoms with Gasteiger partial charge in [-0.2, -0.15) is 0 Å². The van der Waals surface area contributed by atoms with Gasteiger partial charge in [-0.3, -0.25) is 33.6 Å². The van der Waals surface area contributed by atoms with Crippen LogP contribution in [0.25, 0.3) is 0 Å². The van der Waals surface area contributed by atoms with Crippen molar-refractivity contribution in [1.29, 1.82) is 0 Å². The van der Waals surface area contributed by atoms with Gasteiger partial charge in [-0.1, -0.05) is 30.3 Å². The van der Waals surface area contributed by atoms with Gasteiger partial charge in [0.25, 0.3) is 0 Å². The molecule has 0 spiro atoms. The highest BCUT2D eigenvalue weighted by molar-refractivity contribution is 5.96. The smallest absolute Gasteiger partial charge is 0.305 e. The lowest BCUT2D eigenvalue weighted by Crippen LogP contribution is -2.55. The Bertz CT molecular complexity index is 1070. The van der Waals surface area contributed by atoms with E-state index in [1.165, 1.54) is 0 Å². The molecule has 6 amide bonds. The number of primary amides is 1. The summed E-state index contributed by atoms with van der Waals surface area (Å²) in [5.41, 5.74) is 10.9. The summed E-state index contributed by atoms with van der Waals surface area (Å²) >= 11 is 0. The van der Waals surface area contributed by atoms with Crippen molar-refractivity contribution in [2.75, 3.05) is 19.6 Å². The first-order valence-electron chi connectivity index (χ1n) is 11.6. The Balaban J connectivity index is 2.74. The number of carboxylic acids is 1. The fourth-order valence-corrected chi connectivity index (χ4v) is 3.11. The fourth-order valence-electron chi connectivity index (χ4n) is 3.11. The van der Waals surface area contributed by atoms with E-state index in [4.69, 9.17) is 16.6 Å². The summed E-state index contributed by atoms with van der Waals surface area (Å²) < 4.78 is 0. The second-order valence-corrected chi connectivity index (χ2v) is 8.15. The van der Waals surface area contributed by atoms with E-state index in [0.29, 0.717) is 6.29 Å². The summed E-state index contributed by atoms with van der Waals surface area (Å²) in [5.74, 6) is -6.78. The number of nitrogens with two attached hydrogens (primary N) is 2. The molecule has 10 N–H and O–H groups in total. The SMILES string of the molecule is NCC(=O)NCC(=O)N[C@@H](CC(N)=O)C(=O)NCC(=O)N[C@@H](CC(=O)O)C(=O)N[C@H](C=O)Cc1ccccc1. The topological polar surface area (TPSA) is 269 Å². The minimum absolute atomic E-state index is 0.128. The number of rotatable bonds is 17. The number of carbonyl (C=O) groups is 8. The van der Waals surface area contributed by atoms with Gasteiger partial charge < -0.3 is 48.0 Å². The molecule has 0 aliphatic heterocycles. The Morgan fingerprint density at radius 2 is 1.36 bits per heavy atom. The molecule has 0 fully saturated rings. The normalized spacial score (nSPS) is 12.5. The largest absolute Gasteiger partial charge is 0.481 e. The van der Waals surface area contributed by atoms with Gasteiger partial charge >= 0.3 is 5.97 Å². The summed E-state index contributed by atoms with van der Waals surface area (Å²) in [5, 5.41) is 20.1. The number of hydrogen-bond donors (Lipinski definition) is 8. The van der Waals surface area contributed by atoms with E-state index in [-0.39, 0.29) is 13.0 Å². The maximum atomic E-state index is 12.6. The number of hydrogen-bond acceptors (Lipinski definition) is 9. The van der Waals surface area contributed by atoms with Gasteiger partial charge in [0.1, 0.15) is 18.4 Å². The van der Waals surface area contributed by atoms with Crippen LogP contribution in [-0.2, 0) is 44.8 Å². The highest BCUT2D eigenvalue weighted by Gasteiger charge is 2.27. The molecule has 0 unspecified atom stereocenters. The molecule has 0 radical (unpaired) electrons. The Morgan fingerprint density at radius 1 is 0.795 bits per heavy atom. The summed E-state index contributed by atoms with van der Waals surface area (Å²) in [6.45, 7) is -1.69. The summed E-state index contributed by atoms with van der Waals surface area (Å²) in [4.78, 5) is 94.5. The van der Waals surface area contributed by atoms with E-state index in [1.54, 1.807) is 30.3 Å². The molecule has 0 saturated carbocycles. The van der Waals surface area contributed by atoms with Gasteiger partial charge in [-0.05, 0) is 12.0 Å². The Kier molecular flexibility index (Phi) is 13.9. The molecule has 1 rings (SSSR count). The third-order valence-electron chi connectivity index (χ3n) is 4.93. The molecule has 0 heterocycles. The van der Waals surface area contributed by atoms with Crippen molar-refractivity contribution in [3.8, 4) is 0 Å². The average Bonchev–Trinajstić information content (AvgIpc) is 2.89. The van der Waals surface area contributed by atoms with Crippen LogP contribution in [0.5, 0.6) is 0 Å². The predicted octanol–water partition coefficient (Wildman–Crippen LogP) is -4.58. The lowest BCUT2D eigenvalue weighted by molar-refractivity contribution is -0.141. The number of aldehydes is 1. The van der Waals surface area contributed by atoms with Crippen molar-refractivity contribution in [3.63, 3.8) is 0 Å². The van der Waals surface area contributed by atoms with E-state index in [9.17, 15) is 38.4 Å². The van der Waals surface area contributed by atoms with Gasteiger partial charge in [0, 0.05) is 0 Å². The van der Waals surface area contributed by atoms with Crippen LogP contribution in [0.3, 0.4) is 0 Å². The number of amides is 6. The lowest BCUT2D eigenvalue weighted by atomic mass is 10.1. The van der Waals surface area contributed by atoms with Crippen LogP contribution in [0.1, 0.15) is 18.4 Å². The first kappa shape index (κ1) is 32.2. The van der Waals surface area contributed by atoms with E-state index in [2.05, 4.69) is 26.6 Å². The van der Waals surface area contributed by atoms with Gasteiger partial charge in [0.05, 0.1) is 38.5 Å². The first-order valence-corrected chi connectivity index (χ1v) is 11.6. The highest BCUT2D eigenvalue weighted by atomic mass is 16.4. The molecule has 0 aliphatic carbocycles. The van der Waals surface area contributed by atoms with Crippen molar-refractivity contribution in [2.45, 2.75) is 37.4 Å². The van der Waals surface area contributed by atoms with Crippen LogP contribution in [0.4, 0.5) is 0 Å². The number of carboxylic acid groups (broad SMARTS) is 1. The molecule has 0 saturated heterocycles. The number of benzene rings is 1. The Morgan fingerprint density at radius 3 is 1.87 bits per heavy atom. The van der Waals surface area contributed by atoms with Crippen LogP contribution in [0, 0.1) is 0 Å². The monoisotopic (exact) mass is 549 g/mol. The second kappa shape index (κ2) is 16.8. The molecule has 16 nitrogen and oxygen atoms in total. The van der Waals surface area contributed by atoms with Crippen LogP contribution in [0.2, 0.25) is 0 Å².